The number of alkyl halides is 1. The van der Waals surface area contributed by atoms with Gasteiger partial charge in [0.2, 0.25) is 0 Å². The van der Waals surface area contributed by atoms with Gasteiger partial charge >= 0.3 is 0 Å². The summed E-state index contributed by atoms with van der Waals surface area (Å²) in [5, 5.41) is 0. The number of rotatable bonds is 5. The molecule has 50 valence electrons. The van der Waals surface area contributed by atoms with Gasteiger partial charge < -0.3 is 9.47 Å². The van der Waals surface area contributed by atoms with Gasteiger partial charge in [-0.2, -0.15) is 0 Å². The number of ether oxygens (including phenoxy) is 2. The summed E-state index contributed by atoms with van der Waals surface area (Å²) in [4.78, 5) is 0. The first-order valence-corrected chi connectivity index (χ1v) is 2.54. The maximum atomic E-state index is 11.3. The molecule has 0 aromatic rings. The summed E-state index contributed by atoms with van der Waals surface area (Å²) in [6, 6.07) is 0. The molecule has 8 heavy (non-hydrogen) atoms. The van der Waals surface area contributed by atoms with Crippen LogP contribution in [0.25, 0.3) is 0 Å². The van der Waals surface area contributed by atoms with Gasteiger partial charge in [0.25, 0.3) is 0 Å². The van der Waals surface area contributed by atoms with E-state index >= 15 is 0 Å². The molecule has 0 bridgehead atoms. The van der Waals surface area contributed by atoms with Crippen molar-refractivity contribution in [2.45, 2.75) is 0 Å². The predicted molar refractivity (Wildman–Crippen MR) is 28.7 cm³/mol. The lowest BCUT2D eigenvalue weighted by atomic mass is 10.7. The summed E-state index contributed by atoms with van der Waals surface area (Å²) in [7, 11) is 1.58. The third kappa shape index (κ3) is 5.85. The van der Waals surface area contributed by atoms with Gasteiger partial charge in [-0.1, -0.05) is 0 Å². The summed E-state index contributed by atoms with van der Waals surface area (Å²) < 4.78 is 20.6. The Bertz CT molecular complexity index is 35.4. The number of hydrogen-bond acceptors (Lipinski definition) is 2. The average Bonchev–Trinajstić information content (AvgIpc) is 1.81. The fourth-order valence-electron chi connectivity index (χ4n) is 0.299. The highest BCUT2D eigenvalue weighted by Gasteiger charge is 1.83. The molecular formula is C5H11FO2. The van der Waals surface area contributed by atoms with Crippen LogP contribution >= 0.6 is 0 Å². The lowest BCUT2D eigenvalue weighted by Gasteiger charge is -1.97. The fraction of sp³-hybridized carbons (Fsp3) is 1.00. The van der Waals surface area contributed by atoms with E-state index in [1.807, 2.05) is 0 Å². The monoisotopic (exact) mass is 122 g/mol. The third-order valence-electron chi connectivity index (χ3n) is 0.653. The zero-order valence-corrected chi connectivity index (χ0v) is 5.02. The second-order valence-electron chi connectivity index (χ2n) is 1.29. The minimum absolute atomic E-state index is 0.184. The van der Waals surface area contributed by atoms with E-state index in [2.05, 4.69) is 4.74 Å². The SMILES string of the molecule is COCCOCCF. The molecule has 0 aliphatic carbocycles. The van der Waals surface area contributed by atoms with Gasteiger partial charge in [-0.05, 0) is 0 Å². The molecule has 0 rings (SSSR count). The highest BCUT2D eigenvalue weighted by Crippen LogP contribution is 1.75. The van der Waals surface area contributed by atoms with Crippen LogP contribution in [0.4, 0.5) is 4.39 Å². The predicted octanol–water partition coefficient (Wildman–Crippen LogP) is 0.619. The van der Waals surface area contributed by atoms with Crippen molar-refractivity contribution in [3.8, 4) is 0 Å². The molecule has 3 heteroatoms. The van der Waals surface area contributed by atoms with Crippen molar-refractivity contribution in [2.75, 3.05) is 33.6 Å². The molecule has 2 nitrogen and oxygen atoms in total. The summed E-state index contributed by atoms with van der Waals surface area (Å²) >= 11 is 0. The molecule has 0 atom stereocenters. The summed E-state index contributed by atoms with van der Waals surface area (Å²) in [5.41, 5.74) is 0. The van der Waals surface area contributed by atoms with Crippen molar-refractivity contribution in [2.24, 2.45) is 0 Å². The molecule has 0 saturated heterocycles. The molecule has 0 fully saturated rings. The lowest BCUT2D eigenvalue weighted by Crippen LogP contribution is -2.03. The van der Waals surface area contributed by atoms with Crippen LogP contribution in [0.1, 0.15) is 0 Å². The molecule has 0 aliphatic heterocycles. The van der Waals surface area contributed by atoms with Gasteiger partial charge in [0.1, 0.15) is 6.67 Å². The van der Waals surface area contributed by atoms with E-state index in [0.29, 0.717) is 13.2 Å². The van der Waals surface area contributed by atoms with E-state index < -0.39 is 6.67 Å². The standard InChI is InChI=1S/C5H11FO2/c1-7-4-5-8-3-2-6/h2-5H2,1H3. The van der Waals surface area contributed by atoms with E-state index in [0.717, 1.165) is 0 Å². The molecule has 0 spiro atoms. The Labute approximate surface area is 48.6 Å². The first kappa shape index (κ1) is 7.85. The van der Waals surface area contributed by atoms with Crippen LogP contribution in [0, 0.1) is 0 Å². The highest BCUT2D eigenvalue weighted by atomic mass is 19.1. The number of methoxy groups -OCH3 is 1. The first-order valence-electron chi connectivity index (χ1n) is 2.54. The van der Waals surface area contributed by atoms with Gasteiger partial charge in [-0.3, -0.25) is 0 Å². The van der Waals surface area contributed by atoms with Crippen LogP contribution in [0.2, 0.25) is 0 Å². The molecule has 0 unspecified atom stereocenters. The van der Waals surface area contributed by atoms with Crippen molar-refractivity contribution in [1.29, 1.82) is 0 Å². The topological polar surface area (TPSA) is 18.5 Å². The second kappa shape index (κ2) is 6.85. The smallest absolute Gasteiger partial charge is 0.113 e. The maximum Gasteiger partial charge on any atom is 0.113 e. The van der Waals surface area contributed by atoms with Crippen molar-refractivity contribution >= 4 is 0 Å². The maximum absolute atomic E-state index is 11.3. The number of halogens is 1. The van der Waals surface area contributed by atoms with Crippen molar-refractivity contribution in [3.63, 3.8) is 0 Å². The van der Waals surface area contributed by atoms with E-state index in [-0.39, 0.29) is 6.61 Å². The van der Waals surface area contributed by atoms with E-state index in [1.165, 1.54) is 0 Å². The van der Waals surface area contributed by atoms with Gasteiger partial charge in [0, 0.05) is 7.11 Å². The Balaban J connectivity index is 2.53. The molecule has 0 radical (unpaired) electrons. The molecule has 0 aromatic heterocycles. The van der Waals surface area contributed by atoms with Crippen LogP contribution in [-0.2, 0) is 9.47 Å². The van der Waals surface area contributed by atoms with Crippen LogP contribution in [0.3, 0.4) is 0 Å². The van der Waals surface area contributed by atoms with Gasteiger partial charge in [0.15, 0.2) is 0 Å². The van der Waals surface area contributed by atoms with Crippen LogP contribution < -0.4 is 0 Å². The largest absolute Gasteiger partial charge is 0.382 e. The summed E-state index contributed by atoms with van der Waals surface area (Å²) in [5.74, 6) is 0. The zero-order valence-electron chi connectivity index (χ0n) is 5.02. The van der Waals surface area contributed by atoms with Gasteiger partial charge in [-0.25, -0.2) is 4.39 Å². The van der Waals surface area contributed by atoms with E-state index in [1.54, 1.807) is 7.11 Å². The molecule has 0 aromatic carbocycles. The molecule has 0 amide bonds. The van der Waals surface area contributed by atoms with Gasteiger partial charge in [0.05, 0.1) is 19.8 Å². The zero-order chi connectivity index (χ0) is 6.24. The quantitative estimate of drug-likeness (QED) is 0.497. The normalized spacial score (nSPS) is 9.75. The van der Waals surface area contributed by atoms with Crippen molar-refractivity contribution in [1.82, 2.24) is 0 Å². The third-order valence-corrected chi connectivity index (χ3v) is 0.653. The Morgan fingerprint density at radius 1 is 1.25 bits per heavy atom. The Morgan fingerprint density at radius 3 is 2.50 bits per heavy atom. The Hall–Kier alpha value is -0.150. The average molecular weight is 122 g/mol. The highest BCUT2D eigenvalue weighted by molar-refractivity contribution is 4.26. The fourth-order valence-corrected chi connectivity index (χ4v) is 0.299. The van der Waals surface area contributed by atoms with E-state index in [9.17, 15) is 4.39 Å². The Kier molecular flexibility index (Phi) is 6.72. The molecular weight excluding hydrogens is 111 g/mol. The lowest BCUT2D eigenvalue weighted by molar-refractivity contribution is 0.0636. The minimum atomic E-state index is -0.413. The second-order valence-corrected chi connectivity index (χ2v) is 1.29. The summed E-state index contributed by atoms with van der Waals surface area (Å²) in [6.45, 7) is 0.799. The van der Waals surface area contributed by atoms with Crippen LogP contribution in [0.5, 0.6) is 0 Å². The molecule has 0 heterocycles. The van der Waals surface area contributed by atoms with Crippen molar-refractivity contribution < 1.29 is 13.9 Å². The first-order chi connectivity index (χ1) is 3.91. The van der Waals surface area contributed by atoms with Gasteiger partial charge in [-0.15, -0.1) is 0 Å². The molecule has 0 aliphatic rings. The van der Waals surface area contributed by atoms with Crippen LogP contribution in [-0.4, -0.2) is 33.6 Å². The number of hydrogen-bond donors (Lipinski definition) is 0. The summed E-state index contributed by atoms with van der Waals surface area (Å²) in [6.07, 6.45) is 0. The minimum Gasteiger partial charge on any atom is -0.382 e. The molecule has 0 N–H and O–H groups in total. The van der Waals surface area contributed by atoms with Crippen molar-refractivity contribution in [3.05, 3.63) is 0 Å². The molecule has 0 saturated carbocycles. The van der Waals surface area contributed by atoms with Crippen LogP contribution in [0.15, 0.2) is 0 Å². The van der Waals surface area contributed by atoms with E-state index in [4.69, 9.17) is 4.74 Å². The Morgan fingerprint density at radius 2 is 2.00 bits per heavy atom.